The maximum absolute atomic E-state index is 11.8. The van der Waals surface area contributed by atoms with Crippen molar-refractivity contribution in [3.63, 3.8) is 0 Å². The molecule has 0 radical (unpaired) electrons. The molecule has 5 heteroatoms. The van der Waals surface area contributed by atoms with Gasteiger partial charge in [0.15, 0.2) is 0 Å². The van der Waals surface area contributed by atoms with Crippen LogP contribution in [0.25, 0.3) is 0 Å². The van der Waals surface area contributed by atoms with Crippen molar-refractivity contribution in [1.82, 2.24) is 0 Å². The largest absolute Gasteiger partial charge is 0.398 e. The van der Waals surface area contributed by atoms with Crippen LogP contribution in [0.15, 0.2) is 18.2 Å². The predicted octanol–water partition coefficient (Wildman–Crippen LogP) is 3.21. The van der Waals surface area contributed by atoms with Gasteiger partial charge in [-0.15, -0.1) is 0 Å². The normalized spacial score (nSPS) is 19.1. The third-order valence-electron chi connectivity index (χ3n) is 3.25. The second kappa shape index (κ2) is 6.78. The second-order valence-electron chi connectivity index (χ2n) is 4.81. The first kappa shape index (κ1) is 14.2. The number of nitrogen functional groups attached to an aromatic ring is 1. The highest BCUT2D eigenvalue weighted by atomic mass is 35.5. The summed E-state index contributed by atoms with van der Waals surface area (Å²) in [7, 11) is 0. The smallest absolute Gasteiger partial charge is 0.224 e. The van der Waals surface area contributed by atoms with E-state index in [2.05, 4.69) is 5.32 Å². The lowest BCUT2D eigenvalue weighted by atomic mass is 10.0. The van der Waals surface area contributed by atoms with Gasteiger partial charge in [-0.05, 0) is 43.9 Å². The van der Waals surface area contributed by atoms with E-state index in [0.717, 1.165) is 25.9 Å². The van der Waals surface area contributed by atoms with Crippen LogP contribution in [0.5, 0.6) is 0 Å². The summed E-state index contributed by atoms with van der Waals surface area (Å²) in [6.45, 7) is 0.819. The first-order valence-electron chi connectivity index (χ1n) is 6.61. The van der Waals surface area contributed by atoms with E-state index in [1.165, 1.54) is 6.42 Å². The number of nitrogens with two attached hydrogens (primary N) is 1. The van der Waals surface area contributed by atoms with Gasteiger partial charge in [0.1, 0.15) is 0 Å². The number of carbonyl (C=O) groups excluding carboxylic acids is 1. The van der Waals surface area contributed by atoms with E-state index < -0.39 is 0 Å². The molecule has 1 unspecified atom stereocenters. The van der Waals surface area contributed by atoms with Crippen LogP contribution < -0.4 is 11.1 Å². The minimum Gasteiger partial charge on any atom is -0.398 e. The average Bonchev–Trinajstić information content (AvgIpc) is 2.42. The standard InChI is InChI=1S/C14H19ClN2O2/c15-12-9-10(4-6-13(12)16)17-14(18)7-5-11-3-1-2-8-19-11/h4,6,9,11H,1-3,5,7-8,16H2,(H,17,18). The molecule has 2 rings (SSSR count). The van der Waals surface area contributed by atoms with Gasteiger partial charge in [0.25, 0.3) is 0 Å². The van der Waals surface area contributed by atoms with Crippen molar-refractivity contribution in [2.24, 2.45) is 0 Å². The van der Waals surface area contributed by atoms with E-state index in [0.29, 0.717) is 22.8 Å². The Balaban J connectivity index is 1.78. The van der Waals surface area contributed by atoms with Crippen LogP contribution in [0.3, 0.4) is 0 Å². The van der Waals surface area contributed by atoms with Gasteiger partial charge in [-0.25, -0.2) is 0 Å². The molecule has 0 saturated carbocycles. The van der Waals surface area contributed by atoms with Crippen molar-refractivity contribution in [2.45, 2.75) is 38.2 Å². The average molecular weight is 283 g/mol. The molecule has 0 bridgehead atoms. The Morgan fingerprint density at radius 3 is 3.00 bits per heavy atom. The van der Waals surface area contributed by atoms with E-state index >= 15 is 0 Å². The minimum atomic E-state index is -0.0185. The van der Waals surface area contributed by atoms with Gasteiger partial charge in [-0.2, -0.15) is 0 Å². The number of ether oxygens (including phenoxy) is 1. The molecule has 104 valence electrons. The molecular formula is C14H19ClN2O2. The van der Waals surface area contributed by atoms with Crippen molar-refractivity contribution in [1.29, 1.82) is 0 Å². The van der Waals surface area contributed by atoms with Gasteiger partial charge < -0.3 is 15.8 Å². The van der Waals surface area contributed by atoms with Gasteiger partial charge in [0.2, 0.25) is 5.91 Å². The SMILES string of the molecule is Nc1ccc(NC(=O)CCC2CCCCO2)cc1Cl. The van der Waals surface area contributed by atoms with Gasteiger partial charge >= 0.3 is 0 Å². The van der Waals surface area contributed by atoms with E-state index in [1.807, 2.05) is 0 Å². The molecule has 0 aliphatic carbocycles. The number of carbonyl (C=O) groups is 1. The van der Waals surface area contributed by atoms with Crippen LogP contribution in [0.2, 0.25) is 5.02 Å². The zero-order valence-electron chi connectivity index (χ0n) is 10.8. The third-order valence-corrected chi connectivity index (χ3v) is 3.58. The van der Waals surface area contributed by atoms with Gasteiger partial charge in [-0.1, -0.05) is 11.6 Å². The second-order valence-corrected chi connectivity index (χ2v) is 5.22. The Morgan fingerprint density at radius 1 is 1.47 bits per heavy atom. The lowest BCUT2D eigenvalue weighted by Gasteiger charge is -2.22. The summed E-state index contributed by atoms with van der Waals surface area (Å²) < 4.78 is 5.60. The zero-order valence-corrected chi connectivity index (χ0v) is 11.6. The molecule has 19 heavy (non-hydrogen) atoms. The fourth-order valence-electron chi connectivity index (χ4n) is 2.16. The molecule has 0 spiro atoms. The van der Waals surface area contributed by atoms with Crippen LogP contribution in [0, 0.1) is 0 Å². The Kier molecular flexibility index (Phi) is 5.05. The summed E-state index contributed by atoms with van der Waals surface area (Å²) in [4.78, 5) is 11.8. The van der Waals surface area contributed by atoms with Crippen molar-refractivity contribution < 1.29 is 9.53 Å². The lowest BCUT2D eigenvalue weighted by Crippen LogP contribution is -2.21. The van der Waals surface area contributed by atoms with Crippen LogP contribution in [-0.2, 0) is 9.53 Å². The van der Waals surface area contributed by atoms with Gasteiger partial charge in [-0.3, -0.25) is 4.79 Å². The molecule has 0 aromatic heterocycles. The molecule has 1 aliphatic rings. The van der Waals surface area contributed by atoms with E-state index in [-0.39, 0.29) is 12.0 Å². The molecule has 1 fully saturated rings. The maximum atomic E-state index is 11.8. The Labute approximate surface area is 118 Å². The van der Waals surface area contributed by atoms with E-state index in [4.69, 9.17) is 22.1 Å². The summed E-state index contributed by atoms with van der Waals surface area (Å²) >= 11 is 5.90. The van der Waals surface area contributed by atoms with E-state index in [9.17, 15) is 4.79 Å². The monoisotopic (exact) mass is 282 g/mol. The predicted molar refractivity (Wildman–Crippen MR) is 77.3 cm³/mol. The van der Waals surface area contributed by atoms with Crippen molar-refractivity contribution in [3.8, 4) is 0 Å². The fourth-order valence-corrected chi connectivity index (χ4v) is 2.34. The number of hydrogen-bond donors (Lipinski definition) is 2. The molecule has 4 nitrogen and oxygen atoms in total. The number of amides is 1. The van der Waals surface area contributed by atoms with Crippen LogP contribution in [-0.4, -0.2) is 18.6 Å². The van der Waals surface area contributed by atoms with E-state index in [1.54, 1.807) is 18.2 Å². The Bertz CT molecular complexity index is 445. The third kappa shape index (κ3) is 4.40. The Morgan fingerprint density at radius 2 is 2.32 bits per heavy atom. The van der Waals surface area contributed by atoms with Crippen molar-refractivity contribution in [3.05, 3.63) is 23.2 Å². The molecule has 1 saturated heterocycles. The summed E-state index contributed by atoms with van der Waals surface area (Å²) in [5, 5.41) is 3.27. The zero-order chi connectivity index (χ0) is 13.7. The quantitative estimate of drug-likeness (QED) is 0.834. The molecule has 1 amide bonds. The molecule has 1 aromatic rings. The number of benzene rings is 1. The summed E-state index contributed by atoms with van der Waals surface area (Å²) in [5.74, 6) is -0.0185. The van der Waals surface area contributed by atoms with Crippen LogP contribution in [0.1, 0.15) is 32.1 Å². The van der Waals surface area contributed by atoms with Crippen molar-refractivity contribution in [2.75, 3.05) is 17.7 Å². The first-order valence-corrected chi connectivity index (χ1v) is 6.99. The fraction of sp³-hybridized carbons (Fsp3) is 0.500. The maximum Gasteiger partial charge on any atom is 0.224 e. The summed E-state index contributed by atoms with van der Waals surface area (Å²) in [6.07, 6.45) is 4.85. The van der Waals surface area contributed by atoms with Gasteiger partial charge in [0.05, 0.1) is 16.8 Å². The molecular weight excluding hydrogens is 264 g/mol. The number of hydrogen-bond acceptors (Lipinski definition) is 3. The molecule has 1 aromatic carbocycles. The highest BCUT2D eigenvalue weighted by Gasteiger charge is 2.15. The number of rotatable bonds is 4. The number of anilines is 2. The van der Waals surface area contributed by atoms with Crippen molar-refractivity contribution >= 4 is 28.9 Å². The lowest BCUT2D eigenvalue weighted by molar-refractivity contribution is -0.117. The highest BCUT2D eigenvalue weighted by molar-refractivity contribution is 6.33. The topological polar surface area (TPSA) is 64.3 Å². The number of nitrogens with one attached hydrogen (secondary N) is 1. The Hall–Kier alpha value is -1.26. The molecule has 1 heterocycles. The van der Waals surface area contributed by atoms with Crippen LogP contribution in [0.4, 0.5) is 11.4 Å². The minimum absolute atomic E-state index is 0.0185. The molecule has 1 atom stereocenters. The first-order chi connectivity index (χ1) is 9.15. The summed E-state index contributed by atoms with van der Waals surface area (Å²) in [5.41, 5.74) is 6.80. The molecule has 1 aliphatic heterocycles. The van der Waals surface area contributed by atoms with Crippen LogP contribution >= 0.6 is 11.6 Å². The van der Waals surface area contributed by atoms with Gasteiger partial charge in [0, 0.05) is 18.7 Å². The highest BCUT2D eigenvalue weighted by Crippen LogP contribution is 2.23. The molecule has 3 N–H and O–H groups in total. The number of halogens is 1. The summed E-state index contributed by atoms with van der Waals surface area (Å²) in [6, 6.07) is 5.09.